The van der Waals surface area contributed by atoms with Crippen LogP contribution in [0, 0.1) is 0 Å². The fourth-order valence-corrected chi connectivity index (χ4v) is 3.73. The van der Waals surface area contributed by atoms with E-state index >= 15 is 0 Å². The first-order valence-corrected chi connectivity index (χ1v) is 13.7. The first kappa shape index (κ1) is 32.1. The summed E-state index contributed by atoms with van der Waals surface area (Å²) in [6.07, 6.45) is 22.0. The lowest BCUT2D eigenvalue weighted by Crippen LogP contribution is -2.13. The summed E-state index contributed by atoms with van der Waals surface area (Å²) in [6.45, 7) is 6.41. The van der Waals surface area contributed by atoms with Gasteiger partial charge in [-0.15, -0.1) is 6.58 Å². The van der Waals surface area contributed by atoms with Gasteiger partial charge in [0.25, 0.3) is 0 Å². The molecule has 0 unspecified atom stereocenters. The van der Waals surface area contributed by atoms with E-state index in [-0.39, 0.29) is 31.1 Å². The maximum atomic E-state index is 11.3. The van der Waals surface area contributed by atoms with Crippen molar-refractivity contribution in [1.82, 2.24) is 0 Å². The Balaban J connectivity index is 0.000000661. The van der Waals surface area contributed by atoms with Crippen molar-refractivity contribution in [1.29, 1.82) is 0 Å². The highest BCUT2D eigenvalue weighted by Gasteiger charge is 2.06. The van der Waals surface area contributed by atoms with Crippen LogP contribution in [0.5, 0.6) is 0 Å². The molecule has 1 fully saturated rings. The van der Waals surface area contributed by atoms with E-state index < -0.39 is 0 Å². The molecule has 1 aliphatic heterocycles. The fourth-order valence-electron chi connectivity index (χ4n) is 3.73. The molecule has 0 aromatic heterocycles. The average molecular weight is 483 g/mol. The number of ether oxygens (including phenoxy) is 3. The second-order valence-electron chi connectivity index (χ2n) is 8.88. The van der Waals surface area contributed by atoms with Crippen molar-refractivity contribution in [3.63, 3.8) is 0 Å². The van der Waals surface area contributed by atoms with Crippen LogP contribution in [-0.4, -0.2) is 37.7 Å². The molecule has 0 atom stereocenters. The summed E-state index contributed by atoms with van der Waals surface area (Å²) in [7, 11) is 0. The van der Waals surface area contributed by atoms with Gasteiger partial charge in [0.05, 0.1) is 6.61 Å². The van der Waals surface area contributed by atoms with Crippen molar-refractivity contribution in [3.8, 4) is 0 Å². The lowest BCUT2D eigenvalue weighted by atomic mass is 10.1. The van der Waals surface area contributed by atoms with Crippen molar-refractivity contribution >= 4 is 17.9 Å². The van der Waals surface area contributed by atoms with E-state index in [4.69, 9.17) is 14.2 Å². The zero-order valence-electron chi connectivity index (χ0n) is 21.8. The zero-order chi connectivity index (χ0) is 25.1. The van der Waals surface area contributed by atoms with Gasteiger partial charge in [-0.05, 0) is 39.0 Å². The maximum Gasteiger partial charge on any atom is 0.305 e. The highest BCUT2D eigenvalue weighted by atomic mass is 16.6. The van der Waals surface area contributed by atoms with Gasteiger partial charge in [0.1, 0.15) is 13.2 Å². The van der Waals surface area contributed by atoms with Crippen LogP contribution >= 0.6 is 0 Å². The summed E-state index contributed by atoms with van der Waals surface area (Å²) in [4.78, 5) is 33.7. The number of esters is 3. The molecule has 1 rings (SSSR count). The van der Waals surface area contributed by atoms with Crippen molar-refractivity contribution in [2.45, 2.75) is 129 Å². The van der Waals surface area contributed by atoms with E-state index in [0.717, 1.165) is 44.9 Å². The van der Waals surface area contributed by atoms with Gasteiger partial charge in [-0.2, -0.15) is 0 Å². The van der Waals surface area contributed by atoms with Crippen LogP contribution < -0.4 is 0 Å². The van der Waals surface area contributed by atoms with Crippen LogP contribution in [0.25, 0.3) is 0 Å². The van der Waals surface area contributed by atoms with Gasteiger partial charge in [0, 0.05) is 19.3 Å². The minimum Gasteiger partial charge on any atom is -0.466 e. The molecule has 0 aromatic carbocycles. The standard InChI is InChI=1S/C15H26O4.C13H24O2/c16-14-10-8-6-4-2-1-3-5-7-9-11-15(17)19-13-12-18-14;1-3-5-6-7-8-9-10-11-12-13(14)15-4-2/h1-13H2;3H,1,4-12H2,2H3. The zero-order valence-corrected chi connectivity index (χ0v) is 21.8. The third-order valence-corrected chi connectivity index (χ3v) is 5.72. The summed E-state index contributed by atoms with van der Waals surface area (Å²) in [5.74, 6) is -0.412. The van der Waals surface area contributed by atoms with E-state index in [2.05, 4.69) is 6.58 Å². The number of carbonyl (C=O) groups is 3. The lowest BCUT2D eigenvalue weighted by Gasteiger charge is -2.06. The van der Waals surface area contributed by atoms with Crippen molar-refractivity contribution in [2.24, 2.45) is 0 Å². The maximum absolute atomic E-state index is 11.3. The van der Waals surface area contributed by atoms with Crippen LogP contribution in [0.4, 0.5) is 0 Å². The molecule has 1 heterocycles. The molecule has 1 aliphatic rings. The highest BCUT2D eigenvalue weighted by Crippen LogP contribution is 2.12. The molecule has 0 N–H and O–H groups in total. The van der Waals surface area contributed by atoms with Gasteiger partial charge >= 0.3 is 17.9 Å². The Morgan fingerprint density at radius 2 is 1.21 bits per heavy atom. The van der Waals surface area contributed by atoms with E-state index in [1.807, 2.05) is 13.0 Å². The minimum absolute atomic E-state index is 0.0517. The summed E-state index contributed by atoms with van der Waals surface area (Å²) < 4.78 is 14.9. The normalized spacial score (nSPS) is 16.7. The van der Waals surface area contributed by atoms with E-state index in [1.165, 1.54) is 57.8 Å². The van der Waals surface area contributed by atoms with Crippen molar-refractivity contribution in [2.75, 3.05) is 19.8 Å². The Labute approximate surface area is 208 Å². The fraction of sp³-hybridized carbons (Fsp3) is 0.821. The molecule has 198 valence electrons. The monoisotopic (exact) mass is 482 g/mol. The van der Waals surface area contributed by atoms with E-state index in [9.17, 15) is 14.4 Å². The molecule has 0 amide bonds. The van der Waals surface area contributed by atoms with Gasteiger partial charge in [-0.25, -0.2) is 0 Å². The smallest absolute Gasteiger partial charge is 0.305 e. The topological polar surface area (TPSA) is 78.9 Å². The first-order valence-electron chi connectivity index (χ1n) is 13.7. The van der Waals surface area contributed by atoms with Gasteiger partial charge in [-0.1, -0.05) is 76.7 Å². The first-order chi connectivity index (χ1) is 16.6. The molecule has 0 bridgehead atoms. The quantitative estimate of drug-likeness (QED) is 0.141. The number of allylic oxidation sites excluding steroid dienone is 1. The second-order valence-corrected chi connectivity index (χ2v) is 8.88. The number of unbranched alkanes of at least 4 members (excludes halogenated alkanes) is 6. The molecule has 0 aliphatic carbocycles. The molecule has 0 aromatic rings. The van der Waals surface area contributed by atoms with Gasteiger partial charge in [0.2, 0.25) is 0 Å². The van der Waals surface area contributed by atoms with Crippen LogP contribution in [-0.2, 0) is 28.6 Å². The Bertz CT molecular complexity index is 491. The number of hydrogen-bond acceptors (Lipinski definition) is 6. The van der Waals surface area contributed by atoms with Crippen molar-refractivity contribution in [3.05, 3.63) is 12.7 Å². The average Bonchev–Trinajstić information content (AvgIpc) is 2.82. The Kier molecular flexibility index (Phi) is 24.4. The second kappa shape index (κ2) is 25.8. The summed E-state index contributed by atoms with van der Waals surface area (Å²) in [5.41, 5.74) is 0. The van der Waals surface area contributed by atoms with Crippen LogP contribution in [0.2, 0.25) is 0 Å². The van der Waals surface area contributed by atoms with Gasteiger partial charge < -0.3 is 14.2 Å². The molecule has 1 saturated heterocycles. The lowest BCUT2D eigenvalue weighted by molar-refractivity contribution is -0.152. The molecule has 34 heavy (non-hydrogen) atoms. The third kappa shape index (κ3) is 24.8. The molecule has 6 heteroatoms. The van der Waals surface area contributed by atoms with E-state index in [1.54, 1.807) is 0 Å². The van der Waals surface area contributed by atoms with Crippen molar-refractivity contribution < 1.29 is 28.6 Å². The number of hydrogen-bond donors (Lipinski definition) is 0. The Hall–Kier alpha value is -1.85. The molecular formula is C28H50O6. The Morgan fingerprint density at radius 1 is 0.765 bits per heavy atom. The molecule has 6 nitrogen and oxygen atoms in total. The van der Waals surface area contributed by atoms with Crippen LogP contribution in [0.1, 0.15) is 129 Å². The van der Waals surface area contributed by atoms with Crippen LogP contribution in [0.15, 0.2) is 12.7 Å². The number of cyclic esters (lactones) is 2. The van der Waals surface area contributed by atoms with Gasteiger partial charge in [0.15, 0.2) is 0 Å². The molecule has 0 spiro atoms. The highest BCUT2D eigenvalue weighted by molar-refractivity contribution is 5.70. The number of carbonyl (C=O) groups excluding carboxylic acids is 3. The third-order valence-electron chi connectivity index (χ3n) is 5.72. The molecule has 0 saturated carbocycles. The van der Waals surface area contributed by atoms with Crippen LogP contribution in [0.3, 0.4) is 0 Å². The molecule has 0 radical (unpaired) electrons. The Morgan fingerprint density at radius 3 is 1.68 bits per heavy atom. The summed E-state index contributed by atoms with van der Waals surface area (Å²) in [5, 5.41) is 0. The summed E-state index contributed by atoms with van der Waals surface area (Å²) in [6, 6.07) is 0. The van der Waals surface area contributed by atoms with E-state index in [0.29, 0.717) is 25.9 Å². The molecular weight excluding hydrogens is 432 g/mol. The largest absolute Gasteiger partial charge is 0.466 e. The van der Waals surface area contributed by atoms with Gasteiger partial charge in [-0.3, -0.25) is 14.4 Å². The number of rotatable bonds is 10. The SMILES string of the molecule is C=CCCCCCCCCC(=O)OCC.O=C1CCCCCCCCCCCC(=O)OCCO1. The summed E-state index contributed by atoms with van der Waals surface area (Å²) >= 11 is 0. The predicted octanol–water partition coefficient (Wildman–Crippen LogP) is 7.23. The predicted molar refractivity (Wildman–Crippen MR) is 136 cm³/mol. The minimum atomic E-state index is -0.180.